The highest BCUT2D eigenvalue weighted by atomic mass is 33.1. The number of alkyl carbamates (subject to hydrolysis) is 1. The number of ketones is 4. The number of phenolic OH excluding ortho intramolecular Hbond substituents is 1. The van der Waals surface area contributed by atoms with Crippen molar-refractivity contribution < 1.29 is 121 Å². The zero-order chi connectivity index (χ0) is 92.2. The Morgan fingerprint density at radius 2 is 1.29 bits per heavy atom. The molecule has 1 fully saturated rings. The van der Waals surface area contributed by atoms with Crippen LogP contribution in [0.25, 0.3) is 0 Å². The zero-order valence-electron chi connectivity index (χ0n) is 71.9. The van der Waals surface area contributed by atoms with Crippen LogP contribution in [-0.4, -0.2) is 235 Å². The zero-order valence-corrected chi connectivity index (χ0v) is 74.4. The van der Waals surface area contributed by atoms with Crippen molar-refractivity contribution in [2.45, 2.75) is 219 Å². The number of hydrogen-bond acceptors (Lipinski definition) is 26. The maximum atomic E-state index is 15.1. The third-order valence-corrected chi connectivity index (χ3v) is 24.6. The van der Waals surface area contributed by atoms with Crippen LogP contribution < -0.4 is 37.2 Å². The summed E-state index contributed by atoms with van der Waals surface area (Å²) in [5.74, 6) is -17.1. The monoisotopic (exact) mass is 1800 g/mol. The molecule has 0 aliphatic carbocycles. The Kier molecular flexibility index (Phi) is 46.5. The van der Waals surface area contributed by atoms with Crippen LogP contribution in [0, 0.1) is 35.5 Å². The smallest absolute Gasteiger partial charge is 0.407 e. The fourth-order valence-corrected chi connectivity index (χ4v) is 17.0. The Morgan fingerprint density at radius 3 is 1.90 bits per heavy atom. The highest BCUT2D eigenvalue weighted by molar-refractivity contribution is 8.76. The molecule has 2 heterocycles. The fraction of sp³-hybridized carbons (Fsp3) is 0.563. The van der Waals surface area contributed by atoms with Gasteiger partial charge in [-0.3, -0.25) is 72.0 Å². The Hall–Kier alpha value is -10.9. The highest BCUT2D eigenvalue weighted by Crippen LogP contribution is 2.35. The molecule has 0 bridgehead atoms. The first-order valence-electron chi connectivity index (χ1n) is 42.0. The van der Waals surface area contributed by atoms with Gasteiger partial charge in [0.15, 0.2) is 36.0 Å². The molecule has 38 heteroatoms. The second-order valence-corrected chi connectivity index (χ2v) is 35.0. The first kappa shape index (κ1) is 105. The van der Waals surface area contributed by atoms with Crippen molar-refractivity contribution >= 4 is 134 Å². The number of benzene rings is 3. The Bertz CT molecular complexity index is 4260. The van der Waals surface area contributed by atoms with Gasteiger partial charge in [0.25, 0.3) is 5.91 Å². The lowest BCUT2D eigenvalue weighted by Crippen LogP contribution is -2.50. The van der Waals surface area contributed by atoms with Gasteiger partial charge in [-0.15, -0.1) is 11.3 Å². The molecule has 0 radical (unpaired) electrons. The Morgan fingerprint density at radius 1 is 0.632 bits per heavy atom. The van der Waals surface area contributed by atoms with Crippen molar-refractivity contribution in [1.29, 1.82) is 0 Å². The summed E-state index contributed by atoms with van der Waals surface area (Å²) in [4.78, 5) is 233. The number of aromatic nitrogens is 1. The van der Waals surface area contributed by atoms with Gasteiger partial charge in [-0.2, -0.15) is 0 Å². The van der Waals surface area contributed by atoms with Gasteiger partial charge in [-0.1, -0.05) is 149 Å². The molecule has 0 spiro atoms. The molecule has 4 aromatic rings. The summed E-state index contributed by atoms with van der Waals surface area (Å²) in [6, 6.07) is 15.9. The largest absolute Gasteiger partial charge is 0.508 e. The first-order valence-corrected chi connectivity index (χ1v) is 45.3. The predicted molar refractivity (Wildman–Crippen MR) is 463 cm³/mol. The van der Waals surface area contributed by atoms with Gasteiger partial charge in [-0.25, -0.2) is 19.4 Å². The number of esters is 2. The molecule has 125 heavy (non-hydrogen) atoms. The molecule has 686 valence electrons. The van der Waals surface area contributed by atoms with E-state index < -0.39 is 188 Å². The lowest BCUT2D eigenvalue weighted by molar-refractivity contribution is -0.162. The number of carbonyl (C=O) groups excluding carboxylic acids is 13. The molecule has 1 aliphatic heterocycles. The minimum Gasteiger partial charge on any atom is -0.508 e. The van der Waals surface area contributed by atoms with Crippen molar-refractivity contribution in [3.8, 4) is 5.75 Å². The predicted octanol–water partition coefficient (Wildman–Crippen LogP) is 8.22. The van der Waals surface area contributed by atoms with Crippen molar-refractivity contribution in [2.24, 2.45) is 35.5 Å². The summed E-state index contributed by atoms with van der Waals surface area (Å²) in [6.45, 7) is 11.5. The van der Waals surface area contributed by atoms with E-state index in [1.54, 1.807) is 79.7 Å². The second-order valence-electron chi connectivity index (χ2n) is 31.5. The molecule has 12 N–H and O–H groups in total. The lowest BCUT2D eigenvalue weighted by Gasteiger charge is -2.39. The van der Waals surface area contributed by atoms with Crippen molar-refractivity contribution in [3.05, 3.63) is 118 Å². The van der Waals surface area contributed by atoms with Crippen LogP contribution in [0.1, 0.15) is 196 Å². The third-order valence-electron chi connectivity index (χ3n) is 21.2. The number of carbonyl (C=O) groups is 17. The summed E-state index contributed by atoms with van der Waals surface area (Å²) in [7, 11) is 3.97. The second kappa shape index (κ2) is 55.5. The molecular weight excluding hydrogens is 1680 g/mol. The van der Waals surface area contributed by atoms with E-state index in [1.807, 2.05) is 46.6 Å². The van der Waals surface area contributed by atoms with Crippen LogP contribution in [0.5, 0.6) is 5.75 Å². The van der Waals surface area contributed by atoms with Crippen molar-refractivity contribution in [1.82, 2.24) is 52.0 Å². The number of piperidine rings is 1. The van der Waals surface area contributed by atoms with E-state index in [0.717, 1.165) is 52.3 Å². The van der Waals surface area contributed by atoms with Crippen LogP contribution in [0.15, 0.2) is 90.3 Å². The number of nitrogens with one attached hydrogen (secondary N) is 7. The highest BCUT2D eigenvalue weighted by Gasteiger charge is 2.41. The van der Waals surface area contributed by atoms with E-state index >= 15 is 4.79 Å². The number of thiazole rings is 1. The number of urea groups is 1. The quantitative estimate of drug-likeness (QED) is 0.00651. The van der Waals surface area contributed by atoms with Crippen LogP contribution in [0.2, 0.25) is 0 Å². The number of likely N-dealkylation sites (tertiary alicyclic amines) is 1. The number of carboxylic acids is 4. The van der Waals surface area contributed by atoms with Crippen LogP contribution in [0.3, 0.4) is 0 Å². The van der Waals surface area contributed by atoms with Gasteiger partial charge in [-0.05, 0) is 112 Å². The molecule has 8 amide bonds. The number of rotatable bonds is 59. The van der Waals surface area contributed by atoms with Crippen LogP contribution >= 0.6 is 32.9 Å². The molecule has 35 nitrogen and oxygen atoms in total. The van der Waals surface area contributed by atoms with Gasteiger partial charge in [0.05, 0.1) is 37.0 Å². The summed E-state index contributed by atoms with van der Waals surface area (Å²) >= 11 is 1.03. The molecule has 0 saturated carbocycles. The van der Waals surface area contributed by atoms with E-state index in [0.29, 0.717) is 36.0 Å². The molecule has 5 rings (SSSR count). The number of carboxylic acid groups (broad SMARTS) is 4. The number of aliphatic carboxylic acids is 4. The van der Waals surface area contributed by atoms with Crippen LogP contribution in [-0.2, 0) is 101 Å². The minimum absolute atomic E-state index is 0.0126. The summed E-state index contributed by atoms with van der Waals surface area (Å²) in [5, 5.41) is 68.0. The molecule has 1 aromatic heterocycles. The molecular formula is C87H120N10O25S3. The van der Waals surface area contributed by atoms with Crippen LogP contribution in [0.4, 0.5) is 9.59 Å². The van der Waals surface area contributed by atoms with E-state index in [-0.39, 0.29) is 148 Å². The third kappa shape index (κ3) is 39.1. The minimum atomic E-state index is -1.77. The number of likely N-dealkylation sites (N-methyl/N-ethyl adjacent to an activating group) is 1. The average molecular weight is 1800 g/mol. The normalized spacial score (nSPS) is 15.3. The van der Waals surface area contributed by atoms with Gasteiger partial charge < -0.3 is 81.9 Å². The van der Waals surface area contributed by atoms with Gasteiger partial charge >= 0.3 is 47.9 Å². The molecule has 1 saturated heterocycles. The van der Waals surface area contributed by atoms with Crippen molar-refractivity contribution in [2.75, 3.05) is 58.1 Å². The molecule has 12 atom stereocenters. The van der Waals surface area contributed by atoms with E-state index in [2.05, 4.69) is 42.2 Å². The van der Waals surface area contributed by atoms with E-state index in [9.17, 15) is 97.1 Å². The maximum absolute atomic E-state index is 15.1. The Balaban J connectivity index is 1.17. The number of aromatic hydroxyl groups is 1. The van der Waals surface area contributed by atoms with Gasteiger partial charge in [0.2, 0.25) is 23.6 Å². The standard InChI is InChI=1S/C87H120N10O25S3/c1-9-20-79(110)121-51-97(83(113)63(53(5)10-2)45-72(102)68-25-17-18-36-96(68)8)69(52(3)4)47-74(122-55(7)98)82-94-67(50-123-82)81(112)91-61(41-58-27-29-62(99)30-28-58)39-54(6)73(103)48-90-87(119)120-37-38-124-125-49-60(84(114)115)44-71(101)66(46-78(108)109)93-80(111)59(40-56-21-13-11-14-22-56)43-70(100)65(42-57-23-15-12-16-24-57)92-76(105)33-35-88-75(104)32-31-64(85(116)117)95-86(118)89-34-19-26-77(106)107/h11-16,21-24,27-30,50,52-54,59-61,63-66,68-69,74,99H,9-10,17-20,25-26,31-49,51H2,1-8H3,(H,88,104)(H,90,119)(H,91,112)(H,92,105)(H,93,111)(H,106,107)(H,108,109)(H,114,115)(H,116,117)(H2,89,95,118)/t53?,54-,59+,60+,61+,63-,64-,65-,66-,68+,69+,74+/m0/s1. The molecule has 1 unspecified atom stereocenters. The lowest BCUT2D eigenvalue weighted by atomic mass is 9.82. The SMILES string of the molecule is CCCC(=O)OCN(C(=O)[C@@H](CC(=O)[C@H]1CCCCN1C)C(C)CC)[C@H](C[C@@H](OC(C)=O)c1nc(C(=O)N[C@@H](Cc2ccc(O)cc2)C[C@H](C)C(=O)CNC(=O)OCCSSC[C@@H](CC(=O)[C@H](CC(=O)O)NC(=O)[C@@H](CC(=O)[C@H](Cc2ccccc2)NC(=O)CCNC(=O)CC[C@H](NC(=O)NCCCC(=O)O)C(=O)O)Cc2ccccc2)C(=O)O)cs1)C(C)C. The number of ether oxygens (including phenoxy) is 3. The number of Topliss-reactive ketones (excluding diaryl/α,β-unsaturated/α-hetero) is 4. The van der Waals surface area contributed by atoms with Gasteiger partial charge in [0, 0.05) is 118 Å². The number of hydrogen-bond donors (Lipinski definition) is 12. The molecule has 1 aliphatic rings. The summed E-state index contributed by atoms with van der Waals surface area (Å²) in [5.41, 5.74) is 1.78. The number of nitrogens with zero attached hydrogens (tertiary/aromatic N) is 3. The summed E-state index contributed by atoms with van der Waals surface area (Å²) in [6.07, 6.45) is -1.95. The number of phenols is 1. The van der Waals surface area contributed by atoms with Crippen molar-refractivity contribution in [3.63, 3.8) is 0 Å². The average Bonchev–Trinajstić information content (AvgIpc) is 1.80. The van der Waals surface area contributed by atoms with E-state index in [1.165, 1.54) is 29.3 Å². The maximum Gasteiger partial charge on any atom is 0.407 e. The summed E-state index contributed by atoms with van der Waals surface area (Å²) < 4.78 is 17.0. The first-order chi connectivity index (χ1) is 59.4. The van der Waals surface area contributed by atoms with Gasteiger partial charge in [0.1, 0.15) is 29.1 Å². The fourth-order valence-electron chi connectivity index (χ4n) is 14.0. The van der Waals surface area contributed by atoms with E-state index in [4.69, 9.17) is 19.3 Å². The topological polar surface area (TPSA) is 523 Å². The Labute approximate surface area is 739 Å². The number of amides is 8. The molecule has 3 aromatic carbocycles.